The fraction of sp³-hybridized carbons (Fsp3) is 0.500. The van der Waals surface area contributed by atoms with Crippen molar-refractivity contribution in [2.75, 3.05) is 0 Å². The maximum Gasteiger partial charge on any atom is 0.416 e. The average Bonchev–Trinajstić information content (AvgIpc) is 2.42. The lowest BCUT2D eigenvalue weighted by Crippen LogP contribution is -2.32. The second kappa shape index (κ2) is 6.29. The molecule has 7 heteroatoms. The van der Waals surface area contributed by atoms with Gasteiger partial charge in [0.05, 0.1) is 11.6 Å². The number of nitrogens with zero attached hydrogens (tertiary/aromatic N) is 3. The third kappa shape index (κ3) is 3.54. The van der Waals surface area contributed by atoms with E-state index in [9.17, 15) is 17.6 Å². The summed E-state index contributed by atoms with van der Waals surface area (Å²) in [4.78, 5) is 4.24. The fourth-order valence-electron chi connectivity index (χ4n) is 2.51. The lowest BCUT2D eigenvalue weighted by molar-refractivity contribution is -0.137. The lowest BCUT2D eigenvalue weighted by atomic mass is 9.99. The maximum atomic E-state index is 14.2. The maximum absolute atomic E-state index is 14.2. The van der Waals surface area contributed by atoms with Crippen LogP contribution in [0, 0.1) is 5.82 Å². The van der Waals surface area contributed by atoms with E-state index in [0.717, 1.165) is 18.2 Å². The molecule has 1 aliphatic rings. The van der Waals surface area contributed by atoms with Crippen molar-refractivity contribution in [3.63, 3.8) is 0 Å². The molecule has 0 bridgehead atoms. The molecule has 0 aliphatic carbocycles. The molecule has 1 heterocycles. The Hall–Kier alpha value is -1.92. The number of hydrogen-bond acceptors (Lipinski definition) is 3. The van der Waals surface area contributed by atoms with Crippen molar-refractivity contribution < 1.29 is 17.6 Å². The van der Waals surface area contributed by atoms with Crippen LogP contribution < -0.4 is 0 Å². The topological polar surface area (TPSA) is 28.0 Å². The molecule has 1 aliphatic heterocycles. The van der Waals surface area contributed by atoms with Crippen LogP contribution in [0.25, 0.3) is 0 Å². The molecule has 1 atom stereocenters. The number of hydrazone groups is 1. The van der Waals surface area contributed by atoms with Crippen LogP contribution in [-0.2, 0) is 6.18 Å². The minimum Gasteiger partial charge on any atom is -0.244 e. The van der Waals surface area contributed by atoms with Crippen LogP contribution in [0.15, 0.2) is 22.2 Å². The van der Waals surface area contributed by atoms with Gasteiger partial charge in [0, 0.05) is 17.7 Å². The first-order chi connectivity index (χ1) is 10.6. The highest BCUT2D eigenvalue weighted by Gasteiger charge is 2.35. The number of hydrogen-bond donors (Lipinski definition) is 0. The fourth-order valence-corrected chi connectivity index (χ4v) is 2.51. The molecular weight excluding hydrogens is 310 g/mol. The first-order valence-corrected chi connectivity index (χ1v) is 7.44. The molecule has 0 saturated heterocycles. The Balaban J connectivity index is 2.63. The number of rotatable bonds is 3. The molecular formula is C16H19F4N3. The van der Waals surface area contributed by atoms with Crippen molar-refractivity contribution in [2.45, 2.75) is 52.8 Å². The van der Waals surface area contributed by atoms with E-state index >= 15 is 0 Å². The van der Waals surface area contributed by atoms with Crippen molar-refractivity contribution in [2.24, 2.45) is 10.1 Å². The summed E-state index contributed by atoms with van der Waals surface area (Å²) in [5.74, 6) is -0.389. The molecule has 0 fully saturated rings. The van der Waals surface area contributed by atoms with Gasteiger partial charge in [-0.2, -0.15) is 18.3 Å². The van der Waals surface area contributed by atoms with E-state index in [1.165, 1.54) is 0 Å². The van der Waals surface area contributed by atoms with Gasteiger partial charge < -0.3 is 0 Å². The monoisotopic (exact) mass is 329 g/mol. The smallest absolute Gasteiger partial charge is 0.244 e. The predicted molar refractivity (Wildman–Crippen MR) is 82.4 cm³/mol. The quantitative estimate of drug-likeness (QED) is 0.535. The summed E-state index contributed by atoms with van der Waals surface area (Å²) in [7, 11) is 0. The van der Waals surface area contributed by atoms with Gasteiger partial charge in [0.1, 0.15) is 17.3 Å². The van der Waals surface area contributed by atoms with E-state index in [-0.39, 0.29) is 11.3 Å². The molecule has 0 aromatic heterocycles. The van der Waals surface area contributed by atoms with E-state index in [1.54, 1.807) is 25.8 Å². The molecule has 23 heavy (non-hydrogen) atoms. The number of amidine groups is 1. The Bertz CT molecular complexity index is 658. The second-order valence-corrected chi connectivity index (χ2v) is 5.74. The van der Waals surface area contributed by atoms with Gasteiger partial charge in [0.2, 0.25) is 0 Å². The summed E-state index contributed by atoms with van der Waals surface area (Å²) in [5, 5.41) is 5.94. The molecule has 0 N–H and O–H groups in total. The Morgan fingerprint density at radius 2 is 1.96 bits per heavy atom. The number of alkyl halides is 3. The third-order valence-corrected chi connectivity index (χ3v) is 3.52. The van der Waals surface area contributed by atoms with Gasteiger partial charge in [-0.3, -0.25) is 0 Å². The van der Waals surface area contributed by atoms with Crippen LogP contribution in [0.5, 0.6) is 0 Å². The van der Waals surface area contributed by atoms with Crippen LogP contribution >= 0.6 is 0 Å². The van der Waals surface area contributed by atoms with Gasteiger partial charge in [-0.05, 0) is 39.3 Å². The van der Waals surface area contributed by atoms with Crippen LogP contribution in [0.4, 0.5) is 23.2 Å². The molecule has 1 unspecified atom stereocenters. The second-order valence-electron chi connectivity index (χ2n) is 5.74. The summed E-state index contributed by atoms with van der Waals surface area (Å²) >= 11 is 0. The normalized spacial score (nSPS) is 17.7. The molecule has 0 radical (unpaired) electrons. The molecule has 0 amide bonds. The van der Waals surface area contributed by atoms with E-state index in [0.29, 0.717) is 18.3 Å². The minimum atomic E-state index is -4.60. The van der Waals surface area contributed by atoms with Crippen molar-refractivity contribution >= 4 is 17.2 Å². The minimum absolute atomic E-state index is 0.0193. The lowest BCUT2D eigenvalue weighted by Gasteiger charge is -2.33. The van der Waals surface area contributed by atoms with Crippen molar-refractivity contribution in [1.82, 2.24) is 5.01 Å². The van der Waals surface area contributed by atoms with Gasteiger partial charge in [-0.1, -0.05) is 6.92 Å². The summed E-state index contributed by atoms with van der Waals surface area (Å²) < 4.78 is 53.0. The molecule has 0 spiro atoms. The summed E-state index contributed by atoms with van der Waals surface area (Å²) in [5.41, 5.74) is -0.0835. The van der Waals surface area contributed by atoms with Crippen LogP contribution in [0.1, 0.15) is 57.7 Å². The molecule has 126 valence electrons. The van der Waals surface area contributed by atoms with Crippen molar-refractivity contribution in [1.29, 1.82) is 0 Å². The number of aliphatic imine (C=N–C) groups is 1. The molecule has 1 aromatic rings. The van der Waals surface area contributed by atoms with Crippen LogP contribution in [-0.4, -0.2) is 16.6 Å². The number of halogens is 4. The Morgan fingerprint density at radius 3 is 2.48 bits per heavy atom. The Morgan fingerprint density at radius 1 is 1.30 bits per heavy atom. The van der Waals surface area contributed by atoms with Crippen molar-refractivity contribution in [3.05, 3.63) is 29.1 Å². The predicted octanol–water partition coefficient (Wildman–Crippen LogP) is 5.45. The zero-order chi connectivity index (χ0) is 17.4. The largest absolute Gasteiger partial charge is 0.416 e. The standard InChI is InChI=1S/C16H19F4N3/c1-5-6-14-21-15-12(10(4)23(14)22-9(2)3)7-11(8-13(15)17)16(18,19)20/h7-8,10H,5-6H2,1-4H3. The highest BCUT2D eigenvalue weighted by atomic mass is 19.4. The average molecular weight is 329 g/mol. The van der Waals surface area contributed by atoms with Gasteiger partial charge >= 0.3 is 6.18 Å². The van der Waals surface area contributed by atoms with Gasteiger partial charge in [0.25, 0.3) is 0 Å². The summed E-state index contributed by atoms with van der Waals surface area (Å²) in [6, 6.07) is 0.946. The molecule has 2 rings (SSSR count). The van der Waals surface area contributed by atoms with E-state index < -0.39 is 23.6 Å². The zero-order valence-corrected chi connectivity index (χ0v) is 13.5. The van der Waals surface area contributed by atoms with Gasteiger partial charge in [-0.25, -0.2) is 14.4 Å². The molecule has 0 saturated carbocycles. The molecule has 3 nitrogen and oxygen atoms in total. The van der Waals surface area contributed by atoms with Gasteiger partial charge in [0.15, 0.2) is 0 Å². The summed E-state index contributed by atoms with van der Waals surface area (Å²) in [6.45, 7) is 7.23. The highest BCUT2D eigenvalue weighted by Crippen LogP contribution is 2.41. The van der Waals surface area contributed by atoms with Crippen LogP contribution in [0.2, 0.25) is 0 Å². The van der Waals surface area contributed by atoms with E-state index in [1.807, 2.05) is 6.92 Å². The highest BCUT2D eigenvalue weighted by molar-refractivity contribution is 5.89. The van der Waals surface area contributed by atoms with Crippen molar-refractivity contribution in [3.8, 4) is 0 Å². The molecule has 1 aromatic carbocycles. The number of benzene rings is 1. The first kappa shape index (κ1) is 17.4. The SMILES string of the molecule is CCCC1=Nc2c(F)cc(C(F)(F)F)cc2C(C)N1N=C(C)C. The zero-order valence-electron chi connectivity index (χ0n) is 13.5. The number of fused-ring (bicyclic) bond motifs is 1. The third-order valence-electron chi connectivity index (χ3n) is 3.52. The van der Waals surface area contributed by atoms with E-state index in [4.69, 9.17) is 0 Å². The van der Waals surface area contributed by atoms with Crippen LogP contribution in [0.3, 0.4) is 0 Å². The summed E-state index contributed by atoms with van der Waals surface area (Å²) in [6.07, 6.45) is -3.25. The Labute approximate surface area is 132 Å². The van der Waals surface area contributed by atoms with E-state index in [2.05, 4.69) is 10.1 Å². The van der Waals surface area contributed by atoms with Gasteiger partial charge in [-0.15, -0.1) is 0 Å². The first-order valence-electron chi connectivity index (χ1n) is 7.44. The Kier molecular flexibility index (Phi) is 4.77.